The van der Waals surface area contributed by atoms with Crippen molar-refractivity contribution in [3.05, 3.63) is 36.2 Å². The quantitative estimate of drug-likeness (QED) is 0.656. The minimum absolute atomic E-state index is 0.214. The van der Waals surface area contributed by atoms with E-state index in [1.807, 2.05) is 13.8 Å². The Morgan fingerprint density at radius 2 is 2.23 bits per heavy atom. The predicted molar refractivity (Wildman–Crippen MR) is 49.2 cm³/mol. The molecule has 2 rings (SSSR count). The van der Waals surface area contributed by atoms with Gasteiger partial charge in [0.2, 0.25) is 0 Å². The van der Waals surface area contributed by atoms with Gasteiger partial charge in [0.15, 0.2) is 0 Å². The zero-order valence-corrected chi connectivity index (χ0v) is 7.66. The molecular weight excluding hydrogens is 167 g/mol. The molecule has 2 aromatic rings. The van der Waals surface area contributed by atoms with Crippen molar-refractivity contribution in [1.29, 1.82) is 0 Å². The Labute approximate surface area is 76.0 Å². The Morgan fingerprint density at radius 3 is 2.92 bits per heavy atom. The molecule has 0 bridgehead atoms. The number of pyridine rings is 1. The number of nitrogens with zero attached hydrogens (tertiary/aromatic N) is 2. The van der Waals surface area contributed by atoms with Crippen LogP contribution in [0.5, 0.6) is 0 Å². The van der Waals surface area contributed by atoms with Crippen molar-refractivity contribution < 1.29 is 4.39 Å². The van der Waals surface area contributed by atoms with Gasteiger partial charge in [-0.1, -0.05) is 13.8 Å². The van der Waals surface area contributed by atoms with Gasteiger partial charge in [0.25, 0.3) is 0 Å². The number of hydrogen-bond donors (Lipinski definition) is 0. The first-order chi connectivity index (χ1) is 6.18. The molecule has 0 N–H and O–H groups in total. The normalized spacial score (nSPS) is 11.4. The first-order valence-electron chi connectivity index (χ1n) is 4.29. The zero-order chi connectivity index (χ0) is 9.42. The summed E-state index contributed by atoms with van der Waals surface area (Å²) in [5.41, 5.74) is 1.98. The van der Waals surface area contributed by atoms with Crippen LogP contribution in [-0.4, -0.2) is 9.38 Å². The smallest absolute Gasteiger partial charge is 0.140 e. The predicted octanol–water partition coefficient (Wildman–Crippen LogP) is 2.60. The number of imidazole rings is 1. The summed E-state index contributed by atoms with van der Waals surface area (Å²) in [5.74, 6) is 0.101. The Morgan fingerprint density at radius 1 is 1.46 bits per heavy atom. The van der Waals surface area contributed by atoms with Crippen LogP contribution in [0.3, 0.4) is 0 Å². The number of rotatable bonds is 1. The largest absolute Gasteiger partial charge is 0.303 e. The highest BCUT2D eigenvalue weighted by Gasteiger charge is 2.07. The molecule has 0 radical (unpaired) electrons. The highest BCUT2D eigenvalue weighted by atomic mass is 19.1. The highest BCUT2D eigenvalue weighted by molar-refractivity contribution is 5.54. The molecule has 0 aliphatic heterocycles. The molecule has 0 aromatic carbocycles. The van der Waals surface area contributed by atoms with E-state index in [0.717, 1.165) is 11.1 Å². The maximum atomic E-state index is 13.1. The lowest BCUT2D eigenvalue weighted by molar-refractivity contribution is 0.614. The van der Waals surface area contributed by atoms with Crippen molar-refractivity contribution in [3.63, 3.8) is 0 Å². The Kier molecular flexibility index (Phi) is 1.79. The average molecular weight is 178 g/mol. The van der Waals surface area contributed by atoms with E-state index in [1.54, 1.807) is 23.0 Å². The summed E-state index contributed by atoms with van der Waals surface area (Å²) >= 11 is 0. The topological polar surface area (TPSA) is 17.3 Å². The summed E-state index contributed by atoms with van der Waals surface area (Å²) in [4.78, 5) is 3.98. The van der Waals surface area contributed by atoms with Crippen molar-refractivity contribution in [2.75, 3.05) is 0 Å². The zero-order valence-electron chi connectivity index (χ0n) is 7.66. The third-order valence-corrected chi connectivity index (χ3v) is 2.14. The van der Waals surface area contributed by atoms with E-state index < -0.39 is 0 Å². The number of halogens is 1. The third-order valence-electron chi connectivity index (χ3n) is 2.14. The summed E-state index contributed by atoms with van der Waals surface area (Å²) in [6, 6.07) is 1.57. The standard InChI is InChI=1S/C10H11FN2/c1-7(2)9-3-8(11)5-13-6-12-4-10(9)13/h3-7H,1-2H3. The summed E-state index contributed by atoms with van der Waals surface area (Å²) in [6.07, 6.45) is 4.81. The fraction of sp³-hybridized carbons (Fsp3) is 0.300. The van der Waals surface area contributed by atoms with Gasteiger partial charge in [0.1, 0.15) is 5.82 Å². The number of hydrogen-bond acceptors (Lipinski definition) is 1. The van der Waals surface area contributed by atoms with Crippen molar-refractivity contribution >= 4 is 5.52 Å². The van der Waals surface area contributed by atoms with Crippen molar-refractivity contribution in [3.8, 4) is 0 Å². The molecule has 0 aliphatic rings. The fourth-order valence-corrected chi connectivity index (χ4v) is 1.49. The molecule has 2 aromatic heterocycles. The maximum Gasteiger partial charge on any atom is 0.140 e. The minimum atomic E-state index is -0.214. The van der Waals surface area contributed by atoms with Crippen molar-refractivity contribution in [1.82, 2.24) is 9.38 Å². The molecule has 0 unspecified atom stereocenters. The second kappa shape index (κ2) is 2.83. The Balaban J connectivity index is 2.77. The van der Waals surface area contributed by atoms with Crippen LogP contribution in [-0.2, 0) is 0 Å². The fourth-order valence-electron chi connectivity index (χ4n) is 1.49. The van der Waals surface area contributed by atoms with Gasteiger partial charge in [0.05, 0.1) is 18.0 Å². The minimum Gasteiger partial charge on any atom is -0.303 e. The Hall–Kier alpha value is -1.38. The second-order valence-electron chi connectivity index (χ2n) is 3.45. The molecule has 2 nitrogen and oxygen atoms in total. The van der Waals surface area contributed by atoms with Crippen molar-refractivity contribution in [2.45, 2.75) is 19.8 Å². The average Bonchev–Trinajstić information content (AvgIpc) is 2.49. The van der Waals surface area contributed by atoms with Gasteiger partial charge in [-0.25, -0.2) is 9.37 Å². The van der Waals surface area contributed by atoms with Crippen LogP contribution in [0.1, 0.15) is 25.3 Å². The molecule has 0 saturated carbocycles. The van der Waals surface area contributed by atoms with Crippen LogP contribution in [0.25, 0.3) is 5.52 Å². The molecule has 0 fully saturated rings. The van der Waals surface area contributed by atoms with Crippen LogP contribution < -0.4 is 0 Å². The molecule has 68 valence electrons. The van der Waals surface area contributed by atoms with Crippen LogP contribution in [0.2, 0.25) is 0 Å². The van der Waals surface area contributed by atoms with Gasteiger partial charge < -0.3 is 4.40 Å². The van der Waals surface area contributed by atoms with Gasteiger partial charge in [0, 0.05) is 6.20 Å². The van der Waals surface area contributed by atoms with Crippen molar-refractivity contribution in [2.24, 2.45) is 0 Å². The molecular formula is C10H11FN2. The van der Waals surface area contributed by atoms with E-state index in [1.165, 1.54) is 6.20 Å². The molecule has 0 aliphatic carbocycles. The summed E-state index contributed by atoms with van der Waals surface area (Å²) in [5, 5.41) is 0. The molecule has 3 heteroatoms. The van der Waals surface area contributed by atoms with Crippen LogP contribution in [0.4, 0.5) is 4.39 Å². The lowest BCUT2D eigenvalue weighted by atomic mass is 10.0. The van der Waals surface area contributed by atoms with E-state index >= 15 is 0 Å². The highest BCUT2D eigenvalue weighted by Crippen LogP contribution is 2.20. The molecule has 13 heavy (non-hydrogen) atoms. The molecule has 0 spiro atoms. The SMILES string of the molecule is CC(C)c1cc(F)cn2cncc12. The third kappa shape index (κ3) is 1.30. The van der Waals surface area contributed by atoms with E-state index in [-0.39, 0.29) is 5.82 Å². The molecule has 2 heterocycles. The van der Waals surface area contributed by atoms with Gasteiger partial charge >= 0.3 is 0 Å². The first-order valence-corrected chi connectivity index (χ1v) is 4.29. The van der Waals surface area contributed by atoms with Crippen LogP contribution in [0, 0.1) is 5.82 Å². The Bertz CT molecular complexity index is 431. The molecule has 0 amide bonds. The lowest BCUT2D eigenvalue weighted by Crippen LogP contribution is -1.94. The summed E-state index contributed by atoms with van der Waals surface area (Å²) < 4.78 is 14.8. The van der Waals surface area contributed by atoms with Gasteiger partial charge in [-0.3, -0.25) is 0 Å². The lowest BCUT2D eigenvalue weighted by Gasteiger charge is -2.07. The first kappa shape index (κ1) is 8.23. The maximum absolute atomic E-state index is 13.1. The van der Waals surface area contributed by atoms with E-state index in [2.05, 4.69) is 4.98 Å². The van der Waals surface area contributed by atoms with Gasteiger partial charge in [-0.05, 0) is 17.5 Å². The van der Waals surface area contributed by atoms with Gasteiger partial charge in [-0.15, -0.1) is 0 Å². The van der Waals surface area contributed by atoms with E-state index in [4.69, 9.17) is 0 Å². The number of aromatic nitrogens is 2. The van der Waals surface area contributed by atoms with E-state index in [9.17, 15) is 4.39 Å². The van der Waals surface area contributed by atoms with Crippen LogP contribution >= 0.6 is 0 Å². The van der Waals surface area contributed by atoms with E-state index in [0.29, 0.717) is 5.92 Å². The molecule has 0 saturated heterocycles. The number of fused-ring (bicyclic) bond motifs is 1. The second-order valence-corrected chi connectivity index (χ2v) is 3.45. The van der Waals surface area contributed by atoms with Crippen LogP contribution in [0.15, 0.2) is 24.8 Å². The summed E-state index contributed by atoms with van der Waals surface area (Å²) in [7, 11) is 0. The van der Waals surface area contributed by atoms with Gasteiger partial charge in [-0.2, -0.15) is 0 Å². The summed E-state index contributed by atoms with van der Waals surface area (Å²) in [6.45, 7) is 4.09. The molecule has 0 atom stereocenters. The monoisotopic (exact) mass is 178 g/mol.